The minimum atomic E-state index is -0.115. The Morgan fingerprint density at radius 1 is 0.710 bits per heavy atom. The van der Waals surface area contributed by atoms with Crippen LogP contribution in [-0.2, 0) is 0 Å². The number of hydrogen-bond donors (Lipinski definition) is 1. The highest BCUT2D eigenvalue weighted by molar-refractivity contribution is 5.21. The number of fused-ring (bicyclic) bond motifs is 7. The SMILES string of the molecule is C=C(C)[C@@H]1CC[C@]2(C)CC[C@@H]3[C@@H](CC[C@H]4[C@@]3(C)CC[C@H]3C(C)(C)[C@@H](O)CC[C@]43C)[C@@]12C. The van der Waals surface area contributed by atoms with E-state index in [0.29, 0.717) is 27.6 Å². The highest BCUT2D eigenvalue weighted by atomic mass is 16.3. The minimum absolute atomic E-state index is 0.0682. The molecule has 0 amide bonds. The van der Waals surface area contributed by atoms with Crippen LogP contribution in [-0.4, -0.2) is 11.2 Å². The summed E-state index contributed by atoms with van der Waals surface area (Å²) >= 11 is 0. The van der Waals surface area contributed by atoms with Crippen molar-refractivity contribution < 1.29 is 5.11 Å². The fourth-order valence-corrected chi connectivity index (χ4v) is 11.7. The summed E-state index contributed by atoms with van der Waals surface area (Å²) < 4.78 is 0. The molecule has 0 spiro atoms. The molecule has 0 aromatic heterocycles. The van der Waals surface area contributed by atoms with E-state index in [1.807, 2.05) is 0 Å². The molecule has 0 aromatic carbocycles. The Morgan fingerprint density at radius 2 is 1.35 bits per heavy atom. The van der Waals surface area contributed by atoms with Crippen LogP contribution in [0.15, 0.2) is 12.2 Å². The summed E-state index contributed by atoms with van der Waals surface area (Å²) in [4.78, 5) is 0. The summed E-state index contributed by atoms with van der Waals surface area (Å²) in [7, 11) is 0. The second-order valence-corrected chi connectivity index (χ2v) is 14.6. The average molecular weight is 427 g/mol. The Morgan fingerprint density at radius 3 is 2.03 bits per heavy atom. The van der Waals surface area contributed by atoms with Crippen molar-refractivity contribution in [1.82, 2.24) is 0 Å². The van der Waals surface area contributed by atoms with Gasteiger partial charge in [0, 0.05) is 0 Å². The maximum absolute atomic E-state index is 10.9. The molecule has 1 nitrogen and oxygen atoms in total. The molecular formula is C30H50O. The van der Waals surface area contributed by atoms with E-state index in [1.54, 1.807) is 0 Å². The fourth-order valence-electron chi connectivity index (χ4n) is 11.7. The zero-order valence-corrected chi connectivity index (χ0v) is 21.7. The van der Waals surface area contributed by atoms with E-state index in [2.05, 4.69) is 55.0 Å². The number of rotatable bonds is 1. The molecule has 0 bridgehead atoms. The molecule has 5 rings (SSSR count). The lowest BCUT2D eigenvalue weighted by atomic mass is 9.34. The Hall–Kier alpha value is -0.300. The van der Waals surface area contributed by atoms with Crippen LogP contribution in [0, 0.1) is 56.7 Å². The maximum atomic E-state index is 10.9. The van der Waals surface area contributed by atoms with Gasteiger partial charge in [0.25, 0.3) is 0 Å². The molecule has 0 heterocycles. The van der Waals surface area contributed by atoms with E-state index in [9.17, 15) is 5.11 Å². The van der Waals surface area contributed by atoms with Crippen molar-refractivity contribution in [2.75, 3.05) is 0 Å². The van der Waals surface area contributed by atoms with Crippen LogP contribution >= 0.6 is 0 Å². The van der Waals surface area contributed by atoms with E-state index in [1.165, 1.54) is 63.4 Å². The molecule has 0 aliphatic heterocycles. The molecule has 5 fully saturated rings. The topological polar surface area (TPSA) is 20.2 Å². The molecule has 5 aliphatic carbocycles. The molecule has 0 aromatic rings. The lowest BCUT2D eigenvalue weighted by molar-refractivity contribution is -0.227. The highest BCUT2D eigenvalue weighted by Crippen LogP contribution is 2.76. The maximum Gasteiger partial charge on any atom is 0.0594 e. The average Bonchev–Trinajstić information content (AvgIpc) is 2.96. The van der Waals surface area contributed by atoms with E-state index in [0.717, 1.165) is 30.1 Å². The van der Waals surface area contributed by atoms with Gasteiger partial charge >= 0.3 is 0 Å². The van der Waals surface area contributed by atoms with Crippen molar-refractivity contribution in [3.05, 3.63) is 12.2 Å². The van der Waals surface area contributed by atoms with E-state index in [4.69, 9.17) is 0 Å². The molecule has 5 aliphatic rings. The smallest absolute Gasteiger partial charge is 0.0594 e. The first-order valence-electron chi connectivity index (χ1n) is 13.7. The summed E-state index contributed by atoms with van der Waals surface area (Å²) in [5.41, 5.74) is 3.37. The van der Waals surface area contributed by atoms with Gasteiger partial charge in [0.05, 0.1) is 6.10 Å². The van der Waals surface area contributed by atoms with Crippen molar-refractivity contribution in [2.24, 2.45) is 56.7 Å². The standard InChI is InChI=1S/C30H50O/c1-19(2)20-11-15-27(5)16-12-21-22(30(20,27)8)9-10-24-28(21,6)17-13-23-26(3,4)25(31)14-18-29(23,24)7/h20-25,31H,1,9-18H2,2-8H3/t20-,21+,22+,23-,24-,25-,27+,28-,29-,30+/m0/s1. The number of aliphatic hydroxyl groups is 1. The third-order valence-corrected chi connectivity index (χ3v) is 13.6. The lowest BCUT2D eigenvalue weighted by Crippen LogP contribution is -2.64. The van der Waals surface area contributed by atoms with Gasteiger partial charge in [0.15, 0.2) is 0 Å². The Kier molecular flexibility index (Phi) is 4.82. The van der Waals surface area contributed by atoms with Gasteiger partial charge in [-0.25, -0.2) is 0 Å². The van der Waals surface area contributed by atoms with Crippen LogP contribution in [0.2, 0.25) is 0 Å². The Balaban J connectivity index is 1.53. The summed E-state index contributed by atoms with van der Waals surface area (Å²) in [6.45, 7) is 22.3. The van der Waals surface area contributed by atoms with Crippen LogP contribution in [0.1, 0.15) is 113 Å². The normalized spacial score (nSPS) is 57.9. The second kappa shape index (κ2) is 6.64. The summed E-state index contributed by atoms with van der Waals surface area (Å²) in [5.74, 6) is 4.00. The molecule has 5 saturated carbocycles. The first kappa shape index (κ1) is 22.5. The van der Waals surface area contributed by atoms with Gasteiger partial charge in [0.1, 0.15) is 0 Å². The summed E-state index contributed by atoms with van der Waals surface area (Å²) in [6.07, 6.45) is 13.4. The number of hydrogen-bond acceptors (Lipinski definition) is 1. The van der Waals surface area contributed by atoms with Gasteiger partial charge in [-0.15, -0.1) is 0 Å². The number of aliphatic hydroxyl groups excluding tert-OH is 1. The van der Waals surface area contributed by atoms with Gasteiger partial charge in [-0.1, -0.05) is 53.7 Å². The van der Waals surface area contributed by atoms with Gasteiger partial charge in [-0.2, -0.15) is 0 Å². The Labute approximate surface area is 192 Å². The second-order valence-electron chi connectivity index (χ2n) is 14.6. The quantitative estimate of drug-likeness (QED) is 0.421. The predicted molar refractivity (Wildman–Crippen MR) is 131 cm³/mol. The third kappa shape index (κ3) is 2.60. The largest absolute Gasteiger partial charge is 0.393 e. The van der Waals surface area contributed by atoms with E-state index >= 15 is 0 Å². The minimum Gasteiger partial charge on any atom is -0.393 e. The molecule has 10 atom stereocenters. The molecule has 176 valence electrons. The molecule has 1 heteroatoms. The van der Waals surface area contributed by atoms with Crippen LogP contribution in [0.5, 0.6) is 0 Å². The van der Waals surface area contributed by atoms with Crippen LogP contribution < -0.4 is 0 Å². The first-order valence-corrected chi connectivity index (χ1v) is 13.7. The van der Waals surface area contributed by atoms with Gasteiger partial charge < -0.3 is 5.11 Å². The van der Waals surface area contributed by atoms with Crippen molar-refractivity contribution >= 4 is 0 Å². The first-order chi connectivity index (χ1) is 14.3. The monoisotopic (exact) mass is 426 g/mol. The Bertz CT molecular complexity index is 766. The molecule has 0 saturated heterocycles. The fraction of sp³-hybridized carbons (Fsp3) is 0.933. The van der Waals surface area contributed by atoms with Crippen molar-refractivity contribution in [3.8, 4) is 0 Å². The van der Waals surface area contributed by atoms with Gasteiger partial charge in [0.2, 0.25) is 0 Å². The molecular weight excluding hydrogens is 376 g/mol. The molecule has 1 N–H and O–H groups in total. The summed E-state index contributed by atoms with van der Waals surface area (Å²) in [5, 5.41) is 10.9. The van der Waals surface area contributed by atoms with Gasteiger partial charge in [-0.05, 0) is 128 Å². The van der Waals surface area contributed by atoms with E-state index in [-0.39, 0.29) is 11.5 Å². The van der Waals surface area contributed by atoms with Crippen LogP contribution in [0.4, 0.5) is 0 Å². The molecule has 0 radical (unpaired) electrons. The predicted octanol–water partition coefficient (Wildman–Crippen LogP) is 8.02. The van der Waals surface area contributed by atoms with Crippen molar-refractivity contribution in [2.45, 2.75) is 119 Å². The molecule has 31 heavy (non-hydrogen) atoms. The zero-order valence-electron chi connectivity index (χ0n) is 21.7. The zero-order chi connectivity index (χ0) is 22.6. The highest BCUT2D eigenvalue weighted by Gasteiger charge is 2.69. The molecule has 0 unspecified atom stereocenters. The third-order valence-electron chi connectivity index (χ3n) is 13.6. The van der Waals surface area contributed by atoms with E-state index < -0.39 is 0 Å². The van der Waals surface area contributed by atoms with Crippen molar-refractivity contribution in [3.63, 3.8) is 0 Å². The van der Waals surface area contributed by atoms with Crippen LogP contribution in [0.25, 0.3) is 0 Å². The van der Waals surface area contributed by atoms with Crippen LogP contribution in [0.3, 0.4) is 0 Å². The number of allylic oxidation sites excluding steroid dienone is 1. The van der Waals surface area contributed by atoms with Gasteiger partial charge in [-0.3, -0.25) is 0 Å². The van der Waals surface area contributed by atoms with Crippen molar-refractivity contribution in [1.29, 1.82) is 0 Å². The lowest BCUT2D eigenvalue weighted by Gasteiger charge is -2.71. The summed E-state index contributed by atoms with van der Waals surface area (Å²) in [6, 6.07) is 0.